The zero-order chi connectivity index (χ0) is 15.7. The predicted octanol–water partition coefficient (Wildman–Crippen LogP) is 0.931. The summed E-state index contributed by atoms with van der Waals surface area (Å²) in [5, 5.41) is 10.4. The van der Waals surface area contributed by atoms with Gasteiger partial charge in [-0.1, -0.05) is 13.8 Å². The minimum absolute atomic E-state index is 0.0178. The molecule has 7 heteroatoms. The zero-order valence-electron chi connectivity index (χ0n) is 13.2. The summed E-state index contributed by atoms with van der Waals surface area (Å²) >= 11 is 1.72. The topological polar surface area (TPSA) is 78.4 Å². The average molecular weight is 311 g/mol. The molecule has 0 unspecified atom stereocenters. The summed E-state index contributed by atoms with van der Waals surface area (Å²) in [5.74, 6) is 0.824. The number of amides is 1. The van der Waals surface area contributed by atoms with Crippen LogP contribution in [0.2, 0.25) is 0 Å². The molecule has 0 saturated heterocycles. The number of nitrogens with zero attached hydrogens (tertiary/aromatic N) is 2. The van der Waals surface area contributed by atoms with Crippen molar-refractivity contribution in [3.8, 4) is 0 Å². The summed E-state index contributed by atoms with van der Waals surface area (Å²) in [6.45, 7) is 7.83. The van der Waals surface area contributed by atoms with E-state index in [1.807, 2.05) is 20.0 Å². The number of carbonyl (C=O) groups excluding carboxylic acids is 1. The Morgan fingerprint density at radius 3 is 2.52 bits per heavy atom. The van der Waals surface area contributed by atoms with Gasteiger partial charge in [-0.3, -0.25) is 9.79 Å². The Labute approximate surface area is 130 Å². The normalized spacial score (nSPS) is 11.6. The van der Waals surface area contributed by atoms with Crippen LogP contribution in [0.1, 0.15) is 23.7 Å². The number of thiazole rings is 1. The number of aromatic nitrogens is 1. The molecule has 1 aromatic rings. The Hall–Kier alpha value is -1.63. The van der Waals surface area contributed by atoms with E-state index in [1.54, 1.807) is 18.4 Å². The third-order valence-corrected chi connectivity index (χ3v) is 3.74. The summed E-state index contributed by atoms with van der Waals surface area (Å²) in [5.41, 5.74) is 0. The summed E-state index contributed by atoms with van der Waals surface area (Å²) in [7, 11) is 1.73. The number of aryl methyl sites for hydroxylation is 1. The van der Waals surface area contributed by atoms with E-state index in [9.17, 15) is 4.79 Å². The van der Waals surface area contributed by atoms with E-state index >= 15 is 0 Å². The van der Waals surface area contributed by atoms with Gasteiger partial charge >= 0.3 is 0 Å². The molecule has 1 rings (SSSR count). The van der Waals surface area contributed by atoms with E-state index in [2.05, 4.69) is 32.9 Å². The molecule has 3 N–H and O–H groups in total. The molecule has 21 heavy (non-hydrogen) atoms. The van der Waals surface area contributed by atoms with E-state index in [0.29, 0.717) is 13.1 Å². The number of nitrogens with one attached hydrogen (secondary N) is 3. The van der Waals surface area contributed by atoms with Gasteiger partial charge in [0.1, 0.15) is 0 Å². The molecule has 0 aromatic carbocycles. The van der Waals surface area contributed by atoms with Crippen LogP contribution in [0.3, 0.4) is 0 Å². The van der Waals surface area contributed by atoms with Gasteiger partial charge in [0, 0.05) is 50.1 Å². The molecule has 0 aliphatic carbocycles. The second-order valence-electron chi connectivity index (χ2n) is 4.99. The highest BCUT2D eigenvalue weighted by Crippen LogP contribution is 2.10. The van der Waals surface area contributed by atoms with Crippen molar-refractivity contribution in [2.75, 3.05) is 26.7 Å². The minimum atomic E-state index is 0.0178. The van der Waals surface area contributed by atoms with Crippen molar-refractivity contribution in [3.63, 3.8) is 0 Å². The summed E-state index contributed by atoms with van der Waals surface area (Å²) in [4.78, 5) is 21.1. The number of aliphatic imine (C=N–C) groups is 1. The van der Waals surface area contributed by atoms with Crippen molar-refractivity contribution in [2.24, 2.45) is 10.9 Å². The van der Waals surface area contributed by atoms with E-state index in [1.165, 1.54) is 4.88 Å². The molecule has 0 fully saturated rings. The highest BCUT2D eigenvalue weighted by Gasteiger charge is 2.05. The van der Waals surface area contributed by atoms with Gasteiger partial charge in [-0.2, -0.15) is 0 Å². The molecule has 0 radical (unpaired) electrons. The SMILES string of the molecule is CN=C(NCCNC(=O)C(C)C)NCCc1ncc(C)s1. The Kier molecular flexibility index (Phi) is 7.74. The highest BCUT2D eigenvalue weighted by molar-refractivity contribution is 7.11. The van der Waals surface area contributed by atoms with Crippen LogP contribution in [0.15, 0.2) is 11.2 Å². The molecule has 0 spiro atoms. The maximum Gasteiger partial charge on any atom is 0.222 e. The standard InChI is InChI=1S/C14H25N5OS/c1-10(2)13(20)16-7-8-18-14(15-4)17-6-5-12-19-9-11(3)21-12/h9-10H,5-8H2,1-4H3,(H,16,20)(H2,15,17,18). The van der Waals surface area contributed by atoms with Crippen LogP contribution in [0.25, 0.3) is 0 Å². The van der Waals surface area contributed by atoms with Gasteiger partial charge in [0.15, 0.2) is 5.96 Å². The van der Waals surface area contributed by atoms with Crippen LogP contribution in [0, 0.1) is 12.8 Å². The minimum Gasteiger partial charge on any atom is -0.356 e. The molecule has 6 nitrogen and oxygen atoms in total. The number of hydrogen-bond acceptors (Lipinski definition) is 4. The van der Waals surface area contributed by atoms with E-state index < -0.39 is 0 Å². The zero-order valence-corrected chi connectivity index (χ0v) is 14.0. The monoisotopic (exact) mass is 311 g/mol. The average Bonchev–Trinajstić information content (AvgIpc) is 2.86. The highest BCUT2D eigenvalue weighted by atomic mass is 32.1. The summed E-state index contributed by atoms with van der Waals surface area (Å²) in [6.07, 6.45) is 2.77. The lowest BCUT2D eigenvalue weighted by Gasteiger charge is -2.12. The molecule has 0 saturated carbocycles. The maximum absolute atomic E-state index is 11.4. The molecular formula is C14H25N5OS. The van der Waals surface area contributed by atoms with E-state index in [-0.39, 0.29) is 11.8 Å². The number of carbonyl (C=O) groups is 1. The van der Waals surface area contributed by atoms with Gasteiger partial charge in [0.05, 0.1) is 5.01 Å². The van der Waals surface area contributed by atoms with Crippen molar-refractivity contribution < 1.29 is 4.79 Å². The lowest BCUT2D eigenvalue weighted by molar-refractivity contribution is -0.123. The molecule has 1 amide bonds. The Morgan fingerprint density at radius 1 is 1.29 bits per heavy atom. The van der Waals surface area contributed by atoms with Gasteiger partial charge in [-0.15, -0.1) is 11.3 Å². The molecule has 0 atom stereocenters. The first-order chi connectivity index (χ1) is 10.0. The van der Waals surface area contributed by atoms with Crippen molar-refractivity contribution in [2.45, 2.75) is 27.2 Å². The first-order valence-electron chi connectivity index (χ1n) is 7.16. The number of rotatable bonds is 7. The van der Waals surface area contributed by atoms with Crippen LogP contribution < -0.4 is 16.0 Å². The molecule has 1 heterocycles. The van der Waals surface area contributed by atoms with Gasteiger partial charge < -0.3 is 16.0 Å². The number of hydrogen-bond donors (Lipinski definition) is 3. The summed E-state index contributed by atoms with van der Waals surface area (Å²) in [6, 6.07) is 0. The van der Waals surface area contributed by atoms with Crippen LogP contribution in [-0.4, -0.2) is 43.5 Å². The number of guanidine groups is 1. The molecule has 0 aliphatic rings. The fourth-order valence-electron chi connectivity index (χ4n) is 1.60. The Bertz CT molecular complexity index is 470. The van der Waals surface area contributed by atoms with Gasteiger partial charge in [-0.05, 0) is 6.92 Å². The molecule has 1 aromatic heterocycles. The second kappa shape index (κ2) is 9.33. The fraction of sp³-hybridized carbons (Fsp3) is 0.643. The van der Waals surface area contributed by atoms with Crippen molar-refractivity contribution in [1.29, 1.82) is 0 Å². The van der Waals surface area contributed by atoms with Gasteiger partial charge in [0.25, 0.3) is 0 Å². The van der Waals surface area contributed by atoms with Crippen LogP contribution in [0.4, 0.5) is 0 Å². The van der Waals surface area contributed by atoms with Crippen LogP contribution in [-0.2, 0) is 11.2 Å². The lowest BCUT2D eigenvalue weighted by atomic mass is 10.2. The van der Waals surface area contributed by atoms with E-state index in [4.69, 9.17) is 0 Å². The van der Waals surface area contributed by atoms with Crippen molar-refractivity contribution in [1.82, 2.24) is 20.9 Å². The lowest BCUT2D eigenvalue weighted by Crippen LogP contribution is -2.42. The quantitative estimate of drug-likeness (QED) is 0.398. The van der Waals surface area contributed by atoms with Crippen LogP contribution >= 0.6 is 11.3 Å². The smallest absolute Gasteiger partial charge is 0.222 e. The molecule has 0 aliphatic heterocycles. The third-order valence-electron chi connectivity index (χ3n) is 2.77. The van der Waals surface area contributed by atoms with Crippen LogP contribution in [0.5, 0.6) is 0 Å². The first-order valence-corrected chi connectivity index (χ1v) is 7.98. The maximum atomic E-state index is 11.4. The van der Waals surface area contributed by atoms with Gasteiger partial charge in [-0.25, -0.2) is 4.98 Å². The Morgan fingerprint density at radius 2 is 1.95 bits per heavy atom. The van der Waals surface area contributed by atoms with E-state index in [0.717, 1.165) is 23.9 Å². The largest absolute Gasteiger partial charge is 0.356 e. The van der Waals surface area contributed by atoms with Crippen molar-refractivity contribution >= 4 is 23.2 Å². The summed E-state index contributed by atoms with van der Waals surface area (Å²) < 4.78 is 0. The Balaban J connectivity index is 2.16. The fourth-order valence-corrected chi connectivity index (χ4v) is 2.38. The predicted molar refractivity (Wildman–Crippen MR) is 87.8 cm³/mol. The molecular weight excluding hydrogens is 286 g/mol. The molecule has 118 valence electrons. The second-order valence-corrected chi connectivity index (χ2v) is 6.31. The van der Waals surface area contributed by atoms with Gasteiger partial charge in [0.2, 0.25) is 5.91 Å². The first kappa shape index (κ1) is 17.4. The third kappa shape index (κ3) is 7.08. The van der Waals surface area contributed by atoms with Crippen molar-refractivity contribution in [3.05, 3.63) is 16.1 Å². The molecule has 0 bridgehead atoms.